The van der Waals surface area contributed by atoms with Crippen molar-refractivity contribution in [3.05, 3.63) is 23.8 Å². The van der Waals surface area contributed by atoms with E-state index in [4.69, 9.17) is 9.47 Å². The molecule has 0 aliphatic carbocycles. The van der Waals surface area contributed by atoms with Crippen molar-refractivity contribution in [2.24, 2.45) is 5.92 Å². The second kappa shape index (κ2) is 7.66. The Kier molecular flexibility index (Phi) is 5.88. The molecule has 1 saturated heterocycles. The molecule has 118 valence electrons. The minimum atomic E-state index is 0.250. The molecule has 1 aromatic carbocycles. The Balaban J connectivity index is 2.15. The van der Waals surface area contributed by atoms with Gasteiger partial charge in [0, 0.05) is 24.7 Å². The molecule has 1 N–H and O–H groups in total. The second-order valence-electron chi connectivity index (χ2n) is 5.96. The van der Waals surface area contributed by atoms with Crippen molar-refractivity contribution in [1.82, 2.24) is 10.2 Å². The molecule has 0 aromatic heterocycles. The van der Waals surface area contributed by atoms with E-state index in [1.165, 1.54) is 25.9 Å². The van der Waals surface area contributed by atoms with Crippen LogP contribution in [0, 0.1) is 5.92 Å². The van der Waals surface area contributed by atoms with Crippen molar-refractivity contribution >= 4 is 0 Å². The molecule has 21 heavy (non-hydrogen) atoms. The van der Waals surface area contributed by atoms with Gasteiger partial charge in [0.15, 0.2) is 0 Å². The van der Waals surface area contributed by atoms with Crippen LogP contribution in [0.15, 0.2) is 18.2 Å². The van der Waals surface area contributed by atoms with E-state index in [0.717, 1.165) is 29.5 Å². The highest BCUT2D eigenvalue weighted by Gasteiger charge is 2.22. The number of ether oxygens (including phenoxy) is 2. The Morgan fingerprint density at radius 3 is 2.76 bits per heavy atom. The SMILES string of the molecule is CNC(CN1CCCC(C)C1)c1cc(OC)ccc1OC. The van der Waals surface area contributed by atoms with E-state index in [1.807, 2.05) is 19.2 Å². The highest BCUT2D eigenvalue weighted by Crippen LogP contribution is 2.30. The summed E-state index contributed by atoms with van der Waals surface area (Å²) in [5.74, 6) is 2.58. The van der Waals surface area contributed by atoms with E-state index in [0.29, 0.717) is 0 Å². The zero-order valence-electron chi connectivity index (χ0n) is 13.7. The fourth-order valence-electron chi connectivity index (χ4n) is 3.17. The highest BCUT2D eigenvalue weighted by molar-refractivity contribution is 5.42. The number of nitrogens with one attached hydrogen (secondary N) is 1. The topological polar surface area (TPSA) is 33.7 Å². The molecule has 2 rings (SSSR count). The molecule has 4 nitrogen and oxygen atoms in total. The number of hydrogen-bond acceptors (Lipinski definition) is 4. The zero-order chi connectivity index (χ0) is 15.2. The molecule has 1 aromatic rings. The van der Waals surface area contributed by atoms with E-state index in [9.17, 15) is 0 Å². The minimum absolute atomic E-state index is 0.250. The maximum Gasteiger partial charge on any atom is 0.123 e. The Morgan fingerprint density at radius 1 is 1.33 bits per heavy atom. The molecule has 1 aliphatic heterocycles. The first-order valence-corrected chi connectivity index (χ1v) is 7.79. The Labute approximate surface area is 128 Å². The van der Waals surface area contributed by atoms with Gasteiger partial charge in [0.25, 0.3) is 0 Å². The highest BCUT2D eigenvalue weighted by atomic mass is 16.5. The van der Waals surface area contributed by atoms with Crippen LogP contribution < -0.4 is 14.8 Å². The molecule has 0 saturated carbocycles. The van der Waals surface area contributed by atoms with Gasteiger partial charge in [-0.3, -0.25) is 0 Å². The summed E-state index contributed by atoms with van der Waals surface area (Å²) in [6.45, 7) is 5.72. The standard InChI is InChI=1S/C17H28N2O2/c1-13-6-5-9-19(11-13)12-16(18-2)15-10-14(20-3)7-8-17(15)21-4/h7-8,10,13,16,18H,5-6,9,11-12H2,1-4H3. The van der Waals surface area contributed by atoms with Crippen molar-refractivity contribution in [3.8, 4) is 11.5 Å². The number of piperidine rings is 1. The summed E-state index contributed by atoms with van der Waals surface area (Å²) in [6.07, 6.45) is 2.65. The lowest BCUT2D eigenvalue weighted by Crippen LogP contribution is -2.40. The monoisotopic (exact) mass is 292 g/mol. The first-order valence-electron chi connectivity index (χ1n) is 7.79. The van der Waals surface area contributed by atoms with Crippen molar-refractivity contribution in [1.29, 1.82) is 0 Å². The third kappa shape index (κ3) is 4.11. The van der Waals surface area contributed by atoms with E-state index in [-0.39, 0.29) is 6.04 Å². The number of benzene rings is 1. The first kappa shape index (κ1) is 16.1. The van der Waals surface area contributed by atoms with Crippen molar-refractivity contribution in [2.75, 3.05) is 40.9 Å². The normalized spacial score (nSPS) is 21.0. The molecule has 1 aliphatic rings. The number of hydrogen-bond donors (Lipinski definition) is 1. The van der Waals surface area contributed by atoms with Gasteiger partial charge < -0.3 is 19.7 Å². The number of rotatable bonds is 6. The van der Waals surface area contributed by atoms with Crippen LogP contribution in [-0.2, 0) is 0 Å². The van der Waals surface area contributed by atoms with Crippen LogP contribution in [-0.4, -0.2) is 45.8 Å². The van der Waals surface area contributed by atoms with Gasteiger partial charge in [0.2, 0.25) is 0 Å². The number of likely N-dealkylation sites (tertiary alicyclic amines) is 1. The minimum Gasteiger partial charge on any atom is -0.497 e. The van der Waals surface area contributed by atoms with E-state index >= 15 is 0 Å². The molecular formula is C17H28N2O2. The van der Waals surface area contributed by atoms with E-state index < -0.39 is 0 Å². The van der Waals surface area contributed by atoms with Crippen LogP contribution in [0.2, 0.25) is 0 Å². The van der Waals surface area contributed by atoms with Crippen LogP contribution in [0.3, 0.4) is 0 Å². The lowest BCUT2D eigenvalue weighted by molar-refractivity contribution is 0.168. The molecule has 0 radical (unpaired) electrons. The predicted molar refractivity (Wildman–Crippen MR) is 86.2 cm³/mol. The van der Waals surface area contributed by atoms with Gasteiger partial charge in [0.1, 0.15) is 11.5 Å². The first-order chi connectivity index (χ1) is 10.2. The summed E-state index contributed by atoms with van der Waals surface area (Å²) >= 11 is 0. The molecule has 2 atom stereocenters. The lowest BCUT2D eigenvalue weighted by Gasteiger charge is -2.34. The number of methoxy groups -OCH3 is 2. The maximum atomic E-state index is 5.52. The molecule has 0 amide bonds. The number of likely N-dealkylation sites (N-methyl/N-ethyl adjacent to an activating group) is 1. The Hall–Kier alpha value is -1.26. The van der Waals surface area contributed by atoms with Crippen LogP contribution in [0.25, 0.3) is 0 Å². The zero-order valence-corrected chi connectivity index (χ0v) is 13.7. The molecule has 0 bridgehead atoms. The van der Waals surface area contributed by atoms with Crippen molar-refractivity contribution in [3.63, 3.8) is 0 Å². The van der Waals surface area contributed by atoms with E-state index in [2.05, 4.69) is 23.2 Å². The molecule has 1 fully saturated rings. The van der Waals surface area contributed by atoms with Gasteiger partial charge in [-0.2, -0.15) is 0 Å². The van der Waals surface area contributed by atoms with Gasteiger partial charge in [-0.15, -0.1) is 0 Å². The van der Waals surface area contributed by atoms with Gasteiger partial charge in [-0.1, -0.05) is 6.92 Å². The molecule has 0 spiro atoms. The summed E-state index contributed by atoms with van der Waals surface area (Å²) in [4.78, 5) is 2.55. The molecular weight excluding hydrogens is 264 g/mol. The van der Waals surface area contributed by atoms with Gasteiger partial charge in [-0.05, 0) is 50.6 Å². The van der Waals surface area contributed by atoms with Gasteiger partial charge in [0.05, 0.1) is 14.2 Å². The summed E-state index contributed by atoms with van der Waals surface area (Å²) in [5.41, 5.74) is 1.16. The maximum absolute atomic E-state index is 5.52. The fourth-order valence-corrected chi connectivity index (χ4v) is 3.17. The second-order valence-corrected chi connectivity index (χ2v) is 5.96. The van der Waals surface area contributed by atoms with Crippen LogP contribution >= 0.6 is 0 Å². The summed E-state index contributed by atoms with van der Waals surface area (Å²) in [5, 5.41) is 3.43. The number of nitrogens with zero attached hydrogens (tertiary/aromatic N) is 1. The molecule has 1 heterocycles. The van der Waals surface area contributed by atoms with Crippen LogP contribution in [0.1, 0.15) is 31.4 Å². The summed E-state index contributed by atoms with van der Waals surface area (Å²) < 4.78 is 10.9. The Bertz CT molecular complexity index is 450. The smallest absolute Gasteiger partial charge is 0.123 e. The quantitative estimate of drug-likeness (QED) is 0.874. The Morgan fingerprint density at radius 2 is 2.14 bits per heavy atom. The lowest BCUT2D eigenvalue weighted by atomic mass is 9.98. The average molecular weight is 292 g/mol. The average Bonchev–Trinajstić information content (AvgIpc) is 2.52. The van der Waals surface area contributed by atoms with Gasteiger partial charge in [-0.25, -0.2) is 0 Å². The van der Waals surface area contributed by atoms with Gasteiger partial charge >= 0.3 is 0 Å². The third-order valence-corrected chi connectivity index (χ3v) is 4.34. The molecule has 2 unspecified atom stereocenters. The molecule has 4 heteroatoms. The summed E-state index contributed by atoms with van der Waals surface area (Å²) in [6, 6.07) is 6.25. The van der Waals surface area contributed by atoms with Crippen LogP contribution in [0.5, 0.6) is 11.5 Å². The third-order valence-electron chi connectivity index (χ3n) is 4.34. The summed E-state index contributed by atoms with van der Waals surface area (Å²) in [7, 11) is 5.43. The predicted octanol–water partition coefficient (Wildman–Crippen LogP) is 2.70. The van der Waals surface area contributed by atoms with Crippen LogP contribution in [0.4, 0.5) is 0 Å². The largest absolute Gasteiger partial charge is 0.497 e. The van der Waals surface area contributed by atoms with Crippen molar-refractivity contribution < 1.29 is 9.47 Å². The van der Waals surface area contributed by atoms with E-state index in [1.54, 1.807) is 14.2 Å². The van der Waals surface area contributed by atoms with Crippen molar-refractivity contribution in [2.45, 2.75) is 25.8 Å². The fraction of sp³-hybridized carbons (Fsp3) is 0.647.